The molecule has 1 aromatic rings. The summed E-state index contributed by atoms with van der Waals surface area (Å²) in [7, 11) is 1.58. The van der Waals surface area contributed by atoms with Gasteiger partial charge in [0.15, 0.2) is 0 Å². The first-order valence-corrected chi connectivity index (χ1v) is 4.93. The van der Waals surface area contributed by atoms with Crippen molar-refractivity contribution in [3.05, 3.63) is 34.4 Å². The molecule has 0 unspecified atom stereocenters. The van der Waals surface area contributed by atoms with Gasteiger partial charge in [0.05, 0.1) is 25.3 Å². The third-order valence-electron chi connectivity index (χ3n) is 2.30. The van der Waals surface area contributed by atoms with Crippen LogP contribution in [0.15, 0.2) is 23.8 Å². The number of hydrogen-bond acceptors (Lipinski definition) is 3. The summed E-state index contributed by atoms with van der Waals surface area (Å²) >= 11 is 5.99. The Bertz CT molecular complexity index is 406. The summed E-state index contributed by atoms with van der Waals surface area (Å²) in [5, 5.41) is 9.79. The largest absolute Gasteiger partial charge is 0.506 e. The average molecular weight is 227 g/mol. The fraction of sp³-hybridized carbons (Fsp3) is 0.273. The van der Waals surface area contributed by atoms with Gasteiger partial charge in [0, 0.05) is 11.1 Å². The summed E-state index contributed by atoms with van der Waals surface area (Å²) in [4.78, 5) is 0. The highest BCUT2D eigenvalue weighted by Gasteiger charge is 2.20. The van der Waals surface area contributed by atoms with Crippen LogP contribution in [0.5, 0.6) is 5.75 Å². The first-order valence-electron chi connectivity index (χ1n) is 4.55. The molecule has 15 heavy (non-hydrogen) atoms. The predicted octanol–water partition coefficient (Wildman–Crippen LogP) is 2.43. The summed E-state index contributed by atoms with van der Waals surface area (Å²) in [6, 6.07) is 5.09. The van der Waals surface area contributed by atoms with Crippen molar-refractivity contribution in [1.29, 1.82) is 0 Å². The lowest BCUT2D eigenvalue weighted by molar-refractivity contribution is 0.0993. The monoisotopic (exact) mass is 226 g/mol. The Morgan fingerprint density at radius 3 is 2.73 bits per heavy atom. The second-order valence-electron chi connectivity index (χ2n) is 3.27. The molecule has 1 saturated heterocycles. The Labute approximate surface area is 92.9 Å². The van der Waals surface area contributed by atoms with Crippen molar-refractivity contribution in [1.82, 2.24) is 0 Å². The van der Waals surface area contributed by atoms with Crippen molar-refractivity contribution in [2.75, 3.05) is 20.3 Å². The molecular weight excluding hydrogens is 216 g/mol. The van der Waals surface area contributed by atoms with Crippen molar-refractivity contribution in [3.8, 4) is 5.75 Å². The molecule has 0 aromatic heterocycles. The summed E-state index contributed by atoms with van der Waals surface area (Å²) in [6.45, 7) is 1.13. The summed E-state index contributed by atoms with van der Waals surface area (Å²) < 4.78 is 10.3. The van der Waals surface area contributed by atoms with Crippen molar-refractivity contribution in [2.45, 2.75) is 0 Å². The zero-order valence-electron chi connectivity index (χ0n) is 8.29. The normalized spacial score (nSPS) is 14.7. The fourth-order valence-electron chi connectivity index (χ4n) is 1.48. The minimum atomic E-state index is 0.0598. The van der Waals surface area contributed by atoms with Gasteiger partial charge in [-0.3, -0.25) is 0 Å². The smallest absolute Gasteiger partial charge is 0.134 e. The van der Waals surface area contributed by atoms with Gasteiger partial charge in [-0.25, -0.2) is 0 Å². The van der Waals surface area contributed by atoms with Crippen LogP contribution in [0.4, 0.5) is 0 Å². The number of phenols is 1. The number of phenolic OH excluding ortho intramolecular Hbond substituents is 1. The minimum absolute atomic E-state index is 0.0598. The molecule has 1 aliphatic heterocycles. The summed E-state index contributed by atoms with van der Waals surface area (Å²) in [5.74, 6) is 0.756. The molecule has 0 aliphatic carbocycles. The number of aromatic hydroxyl groups is 1. The fourth-order valence-corrected chi connectivity index (χ4v) is 1.69. The van der Waals surface area contributed by atoms with E-state index in [0.29, 0.717) is 29.6 Å². The van der Waals surface area contributed by atoms with E-state index < -0.39 is 0 Å². The number of rotatable bonds is 2. The van der Waals surface area contributed by atoms with Crippen LogP contribution in [-0.4, -0.2) is 25.4 Å². The summed E-state index contributed by atoms with van der Waals surface area (Å²) in [5.41, 5.74) is 1.77. The van der Waals surface area contributed by atoms with E-state index >= 15 is 0 Å². The maximum atomic E-state index is 9.48. The predicted molar refractivity (Wildman–Crippen MR) is 57.9 cm³/mol. The first-order chi connectivity index (χ1) is 7.24. The van der Waals surface area contributed by atoms with Crippen LogP contribution < -0.4 is 0 Å². The van der Waals surface area contributed by atoms with Crippen LogP contribution in [0.25, 0.3) is 5.76 Å². The number of hydrogen-bond donors (Lipinski definition) is 1. The Hall–Kier alpha value is -1.19. The molecule has 0 saturated carbocycles. The highest BCUT2D eigenvalue weighted by atomic mass is 35.5. The van der Waals surface area contributed by atoms with Crippen molar-refractivity contribution in [2.24, 2.45) is 0 Å². The molecule has 80 valence electrons. The second-order valence-corrected chi connectivity index (χ2v) is 3.65. The van der Waals surface area contributed by atoms with Crippen LogP contribution in [-0.2, 0) is 9.47 Å². The minimum Gasteiger partial charge on any atom is -0.506 e. The number of benzene rings is 1. The third kappa shape index (κ3) is 1.80. The Balaban J connectivity index is 2.47. The van der Waals surface area contributed by atoms with Crippen LogP contribution in [0.1, 0.15) is 5.56 Å². The van der Waals surface area contributed by atoms with E-state index in [2.05, 4.69) is 0 Å². The van der Waals surface area contributed by atoms with Gasteiger partial charge in [0.1, 0.15) is 11.5 Å². The molecule has 0 radical (unpaired) electrons. The zero-order valence-corrected chi connectivity index (χ0v) is 9.04. The Morgan fingerprint density at radius 1 is 1.47 bits per heavy atom. The molecule has 3 nitrogen and oxygen atoms in total. The van der Waals surface area contributed by atoms with Gasteiger partial charge in [0.25, 0.3) is 0 Å². The van der Waals surface area contributed by atoms with Gasteiger partial charge in [-0.05, 0) is 12.1 Å². The van der Waals surface area contributed by atoms with Gasteiger partial charge in [-0.2, -0.15) is 0 Å². The van der Waals surface area contributed by atoms with Crippen LogP contribution >= 0.6 is 11.6 Å². The highest BCUT2D eigenvalue weighted by Crippen LogP contribution is 2.34. The second kappa shape index (κ2) is 4.13. The SMILES string of the molecule is COC(=C1COC1)c1cccc(O)c1Cl. The lowest BCUT2D eigenvalue weighted by atomic mass is 10.1. The van der Waals surface area contributed by atoms with E-state index in [-0.39, 0.29) is 5.75 Å². The van der Waals surface area contributed by atoms with E-state index in [9.17, 15) is 5.11 Å². The number of ether oxygens (including phenoxy) is 2. The Morgan fingerprint density at radius 2 is 2.20 bits per heavy atom. The maximum Gasteiger partial charge on any atom is 0.134 e. The van der Waals surface area contributed by atoms with E-state index in [4.69, 9.17) is 21.1 Å². The molecule has 4 heteroatoms. The van der Waals surface area contributed by atoms with Crippen molar-refractivity contribution >= 4 is 17.4 Å². The molecule has 0 atom stereocenters. The lowest BCUT2D eigenvalue weighted by Gasteiger charge is -2.22. The van der Waals surface area contributed by atoms with Gasteiger partial charge in [-0.15, -0.1) is 0 Å². The van der Waals surface area contributed by atoms with Crippen molar-refractivity contribution in [3.63, 3.8) is 0 Å². The van der Waals surface area contributed by atoms with Crippen LogP contribution in [0, 0.1) is 0 Å². The number of halogens is 1. The van der Waals surface area contributed by atoms with E-state index in [1.54, 1.807) is 19.2 Å². The van der Waals surface area contributed by atoms with E-state index in [1.807, 2.05) is 6.07 Å². The molecule has 0 bridgehead atoms. The highest BCUT2D eigenvalue weighted by molar-refractivity contribution is 6.33. The van der Waals surface area contributed by atoms with E-state index in [1.165, 1.54) is 0 Å². The van der Waals surface area contributed by atoms with E-state index in [0.717, 1.165) is 5.57 Å². The van der Waals surface area contributed by atoms with Crippen LogP contribution in [0.3, 0.4) is 0 Å². The number of methoxy groups -OCH3 is 1. The van der Waals surface area contributed by atoms with Crippen LogP contribution in [0.2, 0.25) is 5.02 Å². The quantitative estimate of drug-likeness (QED) is 0.788. The summed E-state index contributed by atoms with van der Waals surface area (Å²) in [6.07, 6.45) is 0. The first kappa shape index (κ1) is 10.3. The van der Waals surface area contributed by atoms with Gasteiger partial charge >= 0.3 is 0 Å². The molecule has 1 fully saturated rings. The van der Waals surface area contributed by atoms with Crippen molar-refractivity contribution < 1.29 is 14.6 Å². The standard InChI is InChI=1S/C11H11ClO3/c1-14-11(7-5-15-6-7)8-3-2-4-9(13)10(8)12/h2-4,13H,5-6H2,1H3. The molecule has 0 spiro atoms. The van der Waals surface area contributed by atoms with Gasteiger partial charge in [-0.1, -0.05) is 17.7 Å². The molecule has 1 aliphatic rings. The topological polar surface area (TPSA) is 38.7 Å². The molecule has 0 amide bonds. The molecule has 1 aromatic carbocycles. The molecule has 1 heterocycles. The van der Waals surface area contributed by atoms with Gasteiger partial charge in [0.2, 0.25) is 0 Å². The lowest BCUT2D eigenvalue weighted by Crippen LogP contribution is -2.19. The zero-order chi connectivity index (χ0) is 10.8. The Kier molecular flexibility index (Phi) is 2.84. The molecular formula is C11H11ClO3. The maximum absolute atomic E-state index is 9.48. The molecule has 1 N–H and O–H groups in total. The third-order valence-corrected chi connectivity index (χ3v) is 2.70. The molecule has 2 rings (SSSR count). The van der Waals surface area contributed by atoms with Gasteiger partial charge < -0.3 is 14.6 Å². The average Bonchev–Trinajstić information content (AvgIpc) is 2.16.